The molecule has 3 aromatic rings. The van der Waals surface area contributed by atoms with Crippen molar-refractivity contribution >= 4 is 0 Å². The lowest BCUT2D eigenvalue weighted by atomic mass is 9.67. The van der Waals surface area contributed by atoms with Crippen molar-refractivity contribution in [3.05, 3.63) is 86.2 Å². The van der Waals surface area contributed by atoms with E-state index in [0.717, 1.165) is 44.3 Å². The Morgan fingerprint density at radius 3 is 2.15 bits per heavy atom. The topological polar surface area (TPSA) is 74.1 Å². The highest BCUT2D eigenvalue weighted by molar-refractivity contribution is 5.56. The molecule has 1 atom stereocenters. The number of aryl methyl sites for hydroxylation is 4. The van der Waals surface area contributed by atoms with Crippen LogP contribution in [0.4, 0.5) is 0 Å². The van der Waals surface area contributed by atoms with Crippen molar-refractivity contribution in [2.75, 3.05) is 0 Å². The van der Waals surface area contributed by atoms with Gasteiger partial charge < -0.3 is 10.3 Å². The lowest BCUT2D eigenvalue weighted by molar-refractivity contribution is 0.156. The number of aromatic nitrogens is 2. The molecule has 1 fully saturated rings. The third kappa shape index (κ3) is 3.86. The van der Waals surface area contributed by atoms with Crippen molar-refractivity contribution in [2.24, 2.45) is 5.73 Å². The summed E-state index contributed by atoms with van der Waals surface area (Å²) in [5.41, 5.74) is 13.5. The molecule has 5 nitrogen and oxygen atoms in total. The van der Waals surface area contributed by atoms with Gasteiger partial charge in [-0.25, -0.2) is 4.79 Å². The van der Waals surface area contributed by atoms with Gasteiger partial charge in [0.1, 0.15) is 0 Å². The van der Waals surface area contributed by atoms with Crippen LogP contribution >= 0.6 is 0 Å². The Labute approximate surface area is 196 Å². The molecule has 0 radical (unpaired) electrons. The Hall–Kier alpha value is -2.66. The number of hydrogen-bond acceptors (Lipinski definition) is 4. The standard InChI is InChI=1S/C28H35N3O2/c1-18-9-13-24-21(15-18)11-12-22-16-19(2)10-14-25(22)28(24,17-20(3)29)26-30-27(32)33-31(26)23-7-5-4-6-8-23/h9-10,13-16,20,23H,4-8,11-12,17,29H2,1-3H3/t20-/m1/s1. The summed E-state index contributed by atoms with van der Waals surface area (Å²) < 4.78 is 7.72. The third-order valence-corrected chi connectivity index (χ3v) is 7.60. The van der Waals surface area contributed by atoms with Crippen molar-refractivity contribution in [1.29, 1.82) is 0 Å². The number of benzene rings is 2. The molecule has 174 valence electrons. The van der Waals surface area contributed by atoms with Gasteiger partial charge in [0.15, 0.2) is 5.82 Å². The van der Waals surface area contributed by atoms with Gasteiger partial charge in [-0.15, -0.1) is 0 Å². The first-order chi connectivity index (χ1) is 15.9. The number of fused-ring (bicyclic) bond motifs is 2. The van der Waals surface area contributed by atoms with Crippen LogP contribution in [0, 0.1) is 13.8 Å². The van der Waals surface area contributed by atoms with Crippen LogP contribution in [0.5, 0.6) is 0 Å². The van der Waals surface area contributed by atoms with Gasteiger partial charge in [0.05, 0.1) is 11.5 Å². The molecule has 0 amide bonds. The minimum Gasteiger partial charge on any atom is -0.328 e. The van der Waals surface area contributed by atoms with Crippen LogP contribution < -0.4 is 11.5 Å². The second-order valence-electron chi connectivity index (χ2n) is 10.3. The Morgan fingerprint density at radius 2 is 1.61 bits per heavy atom. The Kier molecular flexibility index (Phi) is 5.77. The molecule has 0 aliphatic heterocycles. The predicted molar refractivity (Wildman–Crippen MR) is 131 cm³/mol. The van der Waals surface area contributed by atoms with Crippen molar-refractivity contribution in [3.8, 4) is 0 Å². The number of nitrogens with two attached hydrogens (primary N) is 1. The van der Waals surface area contributed by atoms with Gasteiger partial charge in [-0.3, -0.25) is 0 Å². The highest BCUT2D eigenvalue weighted by atomic mass is 16.5. The molecule has 2 N–H and O–H groups in total. The maximum absolute atomic E-state index is 12.7. The molecule has 5 heteroatoms. The number of rotatable bonds is 4. The van der Waals surface area contributed by atoms with Gasteiger partial charge in [0.25, 0.3) is 0 Å². The average molecular weight is 446 g/mol. The van der Waals surface area contributed by atoms with E-state index in [0.29, 0.717) is 6.42 Å². The zero-order valence-corrected chi connectivity index (χ0v) is 20.1. The molecule has 0 bridgehead atoms. The first-order valence-corrected chi connectivity index (χ1v) is 12.4. The summed E-state index contributed by atoms with van der Waals surface area (Å²) in [6, 6.07) is 13.5. The van der Waals surface area contributed by atoms with E-state index in [4.69, 9.17) is 10.3 Å². The molecule has 1 aromatic heterocycles. The smallest absolute Gasteiger partial charge is 0.328 e. The Balaban J connectivity index is 1.86. The summed E-state index contributed by atoms with van der Waals surface area (Å²) >= 11 is 0. The molecule has 2 aliphatic carbocycles. The fourth-order valence-electron chi connectivity index (χ4n) is 6.27. The van der Waals surface area contributed by atoms with Crippen LogP contribution in [-0.2, 0) is 18.3 Å². The van der Waals surface area contributed by atoms with Crippen molar-refractivity contribution < 1.29 is 4.52 Å². The molecule has 2 aromatic carbocycles. The van der Waals surface area contributed by atoms with Crippen LogP contribution in [0.2, 0.25) is 0 Å². The van der Waals surface area contributed by atoms with Crippen LogP contribution in [0.15, 0.2) is 45.7 Å². The molecule has 2 aliphatic rings. The van der Waals surface area contributed by atoms with Gasteiger partial charge in [-0.05, 0) is 75.1 Å². The first kappa shape index (κ1) is 22.1. The fraction of sp³-hybridized carbons (Fsp3) is 0.500. The third-order valence-electron chi connectivity index (χ3n) is 7.60. The summed E-state index contributed by atoms with van der Waals surface area (Å²) in [4.78, 5) is 17.3. The lowest BCUT2D eigenvalue weighted by Crippen LogP contribution is -2.40. The molecule has 33 heavy (non-hydrogen) atoms. The predicted octanol–water partition coefficient (Wildman–Crippen LogP) is 5.13. The Morgan fingerprint density at radius 1 is 1.03 bits per heavy atom. The van der Waals surface area contributed by atoms with Gasteiger partial charge in [-0.2, -0.15) is 9.72 Å². The zero-order valence-electron chi connectivity index (χ0n) is 20.1. The number of hydrogen-bond donors (Lipinski definition) is 1. The van der Waals surface area contributed by atoms with Gasteiger partial charge in [0.2, 0.25) is 0 Å². The monoisotopic (exact) mass is 445 g/mol. The van der Waals surface area contributed by atoms with E-state index in [9.17, 15) is 4.79 Å². The summed E-state index contributed by atoms with van der Waals surface area (Å²) in [6.45, 7) is 6.34. The van der Waals surface area contributed by atoms with Crippen LogP contribution in [0.25, 0.3) is 0 Å². The summed E-state index contributed by atoms with van der Waals surface area (Å²) in [5, 5.41) is 0. The quantitative estimate of drug-likeness (QED) is 0.604. The summed E-state index contributed by atoms with van der Waals surface area (Å²) in [7, 11) is 0. The van der Waals surface area contributed by atoms with Crippen LogP contribution in [0.1, 0.15) is 90.7 Å². The molecule has 0 unspecified atom stereocenters. The zero-order chi connectivity index (χ0) is 23.2. The maximum atomic E-state index is 12.7. The van der Waals surface area contributed by atoms with Crippen molar-refractivity contribution in [1.82, 2.24) is 9.72 Å². The molecule has 0 saturated heterocycles. The Bertz CT molecular complexity index is 1160. The van der Waals surface area contributed by atoms with Crippen molar-refractivity contribution in [2.45, 2.75) is 89.6 Å². The molecule has 5 rings (SSSR count). The van der Waals surface area contributed by atoms with Gasteiger partial charge in [-0.1, -0.05) is 66.8 Å². The van der Waals surface area contributed by atoms with E-state index >= 15 is 0 Å². The SMILES string of the molecule is Cc1ccc2c(c1)CCc1cc(C)ccc1C2(C[C@@H](C)N)c1nc(=O)on1C1CCCCC1. The van der Waals surface area contributed by atoms with Crippen LogP contribution in [0.3, 0.4) is 0 Å². The van der Waals surface area contributed by atoms with E-state index in [2.05, 4.69) is 62.2 Å². The highest BCUT2D eigenvalue weighted by Crippen LogP contribution is 2.48. The fourth-order valence-corrected chi connectivity index (χ4v) is 6.27. The highest BCUT2D eigenvalue weighted by Gasteiger charge is 2.46. The van der Waals surface area contributed by atoms with E-state index in [1.54, 1.807) is 0 Å². The average Bonchev–Trinajstić information content (AvgIpc) is 3.13. The molecular weight excluding hydrogens is 410 g/mol. The van der Waals surface area contributed by atoms with Crippen LogP contribution in [-0.4, -0.2) is 15.8 Å². The maximum Gasteiger partial charge on any atom is 0.459 e. The summed E-state index contributed by atoms with van der Waals surface area (Å²) in [6.07, 6.45) is 8.15. The van der Waals surface area contributed by atoms with Crippen molar-refractivity contribution in [3.63, 3.8) is 0 Å². The largest absolute Gasteiger partial charge is 0.459 e. The molecule has 1 heterocycles. The second kappa shape index (κ2) is 8.60. The molecular formula is C28H35N3O2. The lowest BCUT2D eigenvalue weighted by Gasteiger charge is -2.38. The van der Waals surface area contributed by atoms with E-state index in [-0.39, 0.29) is 12.1 Å². The minimum absolute atomic E-state index is 0.0852. The molecule has 1 saturated carbocycles. The minimum atomic E-state index is -0.625. The number of nitrogens with zero attached hydrogens (tertiary/aromatic N) is 2. The second-order valence-corrected chi connectivity index (χ2v) is 10.3. The van der Waals surface area contributed by atoms with E-state index < -0.39 is 11.2 Å². The van der Waals surface area contributed by atoms with E-state index in [1.165, 1.54) is 39.8 Å². The van der Waals surface area contributed by atoms with Gasteiger partial charge in [0, 0.05) is 6.04 Å². The van der Waals surface area contributed by atoms with E-state index in [1.807, 2.05) is 4.74 Å². The normalized spacial score (nSPS) is 18.9. The van der Waals surface area contributed by atoms with Gasteiger partial charge >= 0.3 is 5.76 Å². The summed E-state index contributed by atoms with van der Waals surface area (Å²) in [5.74, 6) is 0.222. The first-order valence-electron chi connectivity index (χ1n) is 12.4. The molecule has 0 spiro atoms.